The van der Waals surface area contributed by atoms with E-state index in [1.165, 1.54) is 39.5 Å². The van der Waals surface area contributed by atoms with E-state index in [1.54, 1.807) is 0 Å². The van der Waals surface area contributed by atoms with Gasteiger partial charge in [-0.05, 0) is 18.2 Å². The van der Waals surface area contributed by atoms with Crippen molar-refractivity contribution in [3.05, 3.63) is 18.2 Å². The van der Waals surface area contributed by atoms with Crippen molar-refractivity contribution >= 4 is 35.3 Å². The summed E-state index contributed by atoms with van der Waals surface area (Å²) in [4.78, 5) is 33.7. The summed E-state index contributed by atoms with van der Waals surface area (Å²) in [5, 5.41) is 7.23. The molecule has 0 spiro atoms. The van der Waals surface area contributed by atoms with E-state index in [4.69, 9.17) is 0 Å². The average molecular weight is 297 g/mol. The quantitative estimate of drug-likeness (QED) is 0.737. The van der Waals surface area contributed by atoms with E-state index >= 15 is 0 Å². The Balaban J connectivity index is 3.03. The number of rotatable bonds is 3. The lowest BCUT2D eigenvalue weighted by Crippen LogP contribution is -2.17. The number of benzene rings is 1. The molecule has 3 amide bonds. The number of carbonyl (C=O) groups excluding carboxylic acids is 3. The molecule has 3 N–H and O–H groups in total. The van der Waals surface area contributed by atoms with E-state index in [0.29, 0.717) is 5.69 Å². The van der Waals surface area contributed by atoms with Crippen molar-refractivity contribution in [1.82, 2.24) is 0 Å². The van der Waals surface area contributed by atoms with Gasteiger partial charge in [0, 0.05) is 5.69 Å². The Bertz CT molecular complexity index is 546. The molecule has 0 aliphatic carbocycles. The van der Waals surface area contributed by atoms with Crippen molar-refractivity contribution in [3.8, 4) is 0 Å². The molecule has 0 aliphatic heterocycles. The summed E-state index contributed by atoms with van der Waals surface area (Å²) in [6.07, 6.45) is -2.12. The number of nitrogens with one attached hydrogen (secondary N) is 3. The third-order valence-corrected chi connectivity index (χ3v) is 2.30. The van der Waals surface area contributed by atoms with Crippen LogP contribution in [-0.2, 0) is 14.2 Å². The molecule has 0 saturated carbocycles. The zero-order valence-corrected chi connectivity index (χ0v) is 11.7. The van der Waals surface area contributed by atoms with Crippen LogP contribution in [0.3, 0.4) is 0 Å². The van der Waals surface area contributed by atoms with Crippen molar-refractivity contribution in [2.45, 2.75) is 0 Å². The van der Waals surface area contributed by atoms with E-state index in [1.807, 2.05) is 0 Å². The van der Waals surface area contributed by atoms with Crippen LogP contribution in [0.5, 0.6) is 0 Å². The minimum absolute atomic E-state index is 0.209. The van der Waals surface area contributed by atoms with Gasteiger partial charge in [0.25, 0.3) is 0 Å². The highest BCUT2D eigenvalue weighted by atomic mass is 16.5. The van der Waals surface area contributed by atoms with Crippen molar-refractivity contribution in [2.24, 2.45) is 0 Å². The van der Waals surface area contributed by atoms with Crippen molar-refractivity contribution in [2.75, 3.05) is 37.3 Å². The zero-order valence-electron chi connectivity index (χ0n) is 11.7. The molecule has 0 fully saturated rings. The van der Waals surface area contributed by atoms with Crippen LogP contribution in [0.2, 0.25) is 0 Å². The summed E-state index contributed by atoms with van der Waals surface area (Å²) >= 11 is 0. The second-order valence-corrected chi connectivity index (χ2v) is 3.61. The van der Waals surface area contributed by atoms with E-state index in [9.17, 15) is 14.4 Å². The van der Waals surface area contributed by atoms with Crippen molar-refractivity contribution in [3.63, 3.8) is 0 Å². The lowest BCUT2D eigenvalue weighted by atomic mass is 10.2. The van der Waals surface area contributed by atoms with Gasteiger partial charge in [-0.25, -0.2) is 14.4 Å². The molecule has 0 bridgehead atoms. The van der Waals surface area contributed by atoms with Crippen molar-refractivity contribution < 1.29 is 28.6 Å². The minimum atomic E-state index is -0.738. The summed E-state index contributed by atoms with van der Waals surface area (Å²) in [6.45, 7) is 0. The second kappa shape index (κ2) is 7.58. The largest absolute Gasteiger partial charge is 0.453 e. The number of hydrogen-bond donors (Lipinski definition) is 3. The van der Waals surface area contributed by atoms with Gasteiger partial charge in [0.1, 0.15) is 0 Å². The first-order valence-corrected chi connectivity index (χ1v) is 5.69. The van der Waals surface area contributed by atoms with Gasteiger partial charge in [-0.2, -0.15) is 0 Å². The van der Waals surface area contributed by atoms with Crippen LogP contribution in [0.25, 0.3) is 0 Å². The molecular weight excluding hydrogens is 282 g/mol. The monoisotopic (exact) mass is 297 g/mol. The first-order chi connectivity index (χ1) is 9.99. The van der Waals surface area contributed by atoms with Gasteiger partial charge < -0.3 is 14.2 Å². The molecule has 0 unspecified atom stereocenters. The highest BCUT2D eigenvalue weighted by molar-refractivity contribution is 5.97. The Morgan fingerprint density at radius 2 is 1.24 bits per heavy atom. The van der Waals surface area contributed by atoms with Crippen LogP contribution >= 0.6 is 0 Å². The Kier molecular flexibility index (Phi) is 5.80. The SMILES string of the molecule is COC(=O)Nc1ccc(NC(=O)OC)c(NC(=O)OC)c1. The van der Waals surface area contributed by atoms with Gasteiger partial charge in [0.15, 0.2) is 0 Å². The summed E-state index contributed by atoms with van der Waals surface area (Å²) in [5.74, 6) is 0. The maximum atomic E-state index is 11.3. The molecule has 0 aromatic heterocycles. The lowest BCUT2D eigenvalue weighted by molar-refractivity contribution is 0.185. The van der Waals surface area contributed by atoms with Crippen LogP contribution in [0, 0.1) is 0 Å². The molecule has 1 aromatic carbocycles. The Hall–Kier alpha value is -2.97. The normalized spacial score (nSPS) is 9.29. The third-order valence-electron chi connectivity index (χ3n) is 2.30. The van der Waals surface area contributed by atoms with Crippen LogP contribution < -0.4 is 16.0 Å². The van der Waals surface area contributed by atoms with E-state index in [-0.39, 0.29) is 11.4 Å². The van der Waals surface area contributed by atoms with Crippen LogP contribution in [-0.4, -0.2) is 39.6 Å². The van der Waals surface area contributed by atoms with Gasteiger partial charge in [-0.15, -0.1) is 0 Å². The van der Waals surface area contributed by atoms with Crippen LogP contribution in [0.1, 0.15) is 0 Å². The van der Waals surface area contributed by atoms with Crippen LogP contribution in [0.15, 0.2) is 18.2 Å². The zero-order chi connectivity index (χ0) is 15.8. The van der Waals surface area contributed by atoms with Crippen LogP contribution in [0.4, 0.5) is 31.4 Å². The fraction of sp³-hybridized carbons (Fsp3) is 0.250. The first-order valence-electron chi connectivity index (χ1n) is 5.69. The highest BCUT2D eigenvalue weighted by Crippen LogP contribution is 2.26. The Morgan fingerprint density at radius 3 is 1.76 bits per heavy atom. The van der Waals surface area contributed by atoms with E-state index in [0.717, 1.165) is 0 Å². The predicted octanol–water partition coefficient (Wildman–Crippen LogP) is 2.22. The number of amides is 3. The topological polar surface area (TPSA) is 115 Å². The molecule has 0 heterocycles. The molecule has 1 aromatic rings. The number of carbonyl (C=O) groups is 3. The lowest BCUT2D eigenvalue weighted by Gasteiger charge is -2.13. The van der Waals surface area contributed by atoms with E-state index in [2.05, 4.69) is 30.2 Å². The predicted molar refractivity (Wildman–Crippen MR) is 74.5 cm³/mol. The summed E-state index contributed by atoms with van der Waals surface area (Å²) in [7, 11) is 3.62. The second-order valence-electron chi connectivity index (χ2n) is 3.61. The molecule has 114 valence electrons. The highest BCUT2D eigenvalue weighted by Gasteiger charge is 2.12. The average Bonchev–Trinajstić information content (AvgIpc) is 2.49. The molecule has 0 aliphatic rings. The maximum Gasteiger partial charge on any atom is 0.411 e. The first kappa shape index (κ1) is 16.1. The van der Waals surface area contributed by atoms with Gasteiger partial charge in [-0.1, -0.05) is 0 Å². The molecule has 9 heteroatoms. The minimum Gasteiger partial charge on any atom is -0.453 e. The molecule has 1 rings (SSSR count). The molecule has 9 nitrogen and oxygen atoms in total. The fourth-order valence-corrected chi connectivity index (χ4v) is 1.33. The standard InChI is InChI=1S/C12H15N3O6/c1-19-10(16)13-7-4-5-8(14-11(17)20-2)9(6-7)15-12(18)21-3/h4-6H,1-3H3,(H,13,16)(H,14,17)(H,15,18). The third kappa shape index (κ3) is 4.90. The van der Waals surface area contributed by atoms with Gasteiger partial charge in [0.2, 0.25) is 0 Å². The maximum absolute atomic E-state index is 11.3. The Morgan fingerprint density at radius 1 is 0.762 bits per heavy atom. The molecule has 21 heavy (non-hydrogen) atoms. The summed E-state index contributed by atoms with van der Waals surface area (Å²) in [6, 6.07) is 4.39. The number of anilines is 3. The smallest absolute Gasteiger partial charge is 0.411 e. The molecule has 0 atom stereocenters. The van der Waals surface area contributed by atoms with Gasteiger partial charge in [-0.3, -0.25) is 16.0 Å². The summed E-state index contributed by atoms with van der Waals surface area (Å²) < 4.78 is 13.4. The summed E-state index contributed by atoms with van der Waals surface area (Å²) in [5.41, 5.74) is 0.826. The number of hydrogen-bond acceptors (Lipinski definition) is 6. The van der Waals surface area contributed by atoms with Gasteiger partial charge in [0.05, 0.1) is 32.7 Å². The van der Waals surface area contributed by atoms with Crippen molar-refractivity contribution in [1.29, 1.82) is 0 Å². The van der Waals surface area contributed by atoms with Gasteiger partial charge >= 0.3 is 18.3 Å². The molecular formula is C12H15N3O6. The molecule has 0 radical (unpaired) electrons. The molecule has 0 saturated heterocycles. The van der Waals surface area contributed by atoms with E-state index < -0.39 is 18.3 Å². The fourth-order valence-electron chi connectivity index (χ4n) is 1.33. The number of ether oxygens (including phenoxy) is 3. The number of methoxy groups -OCH3 is 3. The Labute approximate surface area is 120 Å².